The summed E-state index contributed by atoms with van der Waals surface area (Å²) in [6.07, 6.45) is 0.829. The molecule has 0 bridgehead atoms. The van der Waals surface area contributed by atoms with Gasteiger partial charge >= 0.3 is 0 Å². The average molecular weight is 347 g/mol. The van der Waals surface area contributed by atoms with Crippen molar-refractivity contribution in [3.63, 3.8) is 0 Å². The molecule has 1 heterocycles. The fraction of sp³-hybridized carbons (Fsp3) is 0.429. The summed E-state index contributed by atoms with van der Waals surface area (Å²) in [7, 11) is 0. The van der Waals surface area contributed by atoms with Gasteiger partial charge in [-0.15, -0.1) is 11.8 Å². The van der Waals surface area contributed by atoms with E-state index in [2.05, 4.69) is 0 Å². The van der Waals surface area contributed by atoms with Crippen molar-refractivity contribution in [2.75, 3.05) is 31.9 Å². The molecule has 2 amide bonds. The highest BCUT2D eigenvalue weighted by Gasteiger charge is 2.20. The molecule has 1 fully saturated rings. The summed E-state index contributed by atoms with van der Waals surface area (Å²) in [5.74, 6) is 1.09. The van der Waals surface area contributed by atoms with E-state index in [1.807, 2.05) is 0 Å². The third kappa shape index (κ3) is 4.53. The second-order valence-corrected chi connectivity index (χ2v) is 6.52. The summed E-state index contributed by atoms with van der Waals surface area (Å²) in [5, 5.41) is 1.25. The maximum Gasteiger partial charge on any atom is 0.232 e. The number of amides is 2. The minimum atomic E-state index is 0.0914. The molecule has 21 heavy (non-hydrogen) atoms. The van der Waals surface area contributed by atoms with Crippen LogP contribution in [-0.4, -0.2) is 54.0 Å². The van der Waals surface area contributed by atoms with Crippen molar-refractivity contribution in [3.05, 3.63) is 33.8 Å². The first-order valence-corrected chi connectivity index (χ1v) is 8.50. The lowest BCUT2D eigenvalue weighted by Crippen LogP contribution is -2.48. The maximum absolute atomic E-state index is 12.1. The van der Waals surface area contributed by atoms with E-state index in [-0.39, 0.29) is 5.91 Å². The van der Waals surface area contributed by atoms with Gasteiger partial charge in [0.25, 0.3) is 0 Å². The summed E-state index contributed by atoms with van der Waals surface area (Å²) < 4.78 is 0. The SMILES string of the molecule is O=CN1CCN(C(=O)CSCc2c(Cl)cccc2Cl)CC1. The molecule has 1 aromatic carbocycles. The molecule has 0 radical (unpaired) electrons. The minimum Gasteiger partial charge on any atom is -0.342 e. The fourth-order valence-electron chi connectivity index (χ4n) is 2.08. The van der Waals surface area contributed by atoms with Crippen molar-refractivity contribution in [1.29, 1.82) is 0 Å². The normalized spacial score (nSPS) is 15.1. The molecule has 1 saturated heterocycles. The lowest BCUT2D eigenvalue weighted by Gasteiger charge is -2.32. The first-order valence-electron chi connectivity index (χ1n) is 6.59. The summed E-state index contributed by atoms with van der Waals surface area (Å²) in [6.45, 7) is 2.42. The van der Waals surface area contributed by atoms with Crippen LogP contribution >= 0.6 is 35.0 Å². The molecule has 1 aliphatic rings. The number of thioether (sulfide) groups is 1. The highest BCUT2D eigenvalue weighted by atomic mass is 35.5. The topological polar surface area (TPSA) is 40.6 Å². The smallest absolute Gasteiger partial charge is 0.232 e. The molecule has 114 valence electrons. The highest BCUT2D eigenvalue weighted by Crippen LogP contribution is 2.28. The molecule has 0 saturated carbocycles. The van der Waals surface area contributed by atoms with E-state index in [0.717, 1.165) is 12.0 Å². The van der Waals surface area contributed by atoms with E-state index in [4.69, 9.17) is 23.2 Å². The molecule has 1 aromatic rings. The van der Waals surface area contributed by atoms with Gasteiger partial charge < -0.3 is 9.80 Å². The van der Waals surface area contributed by atoms with Crippen LogP contribution < -0.4 is 0 Å². The van der Waals surface area contributed by atoms with E-state index >= 15 is 0 Å². The van der Waals surface area contributed by atoms with Gasteiger partial charge in [-0.05, 0) is 17.7 Å². The van der Waals surface area contributed by atoms with Gasteiger partial charge in [-0.2, -0.15) is 0 Å². The van der Waals surface area contributed by atoms with Crippen molar-refractivity contribution < 1.29 is 9.59 Å². The Kier molecular flexibility index (Phi) is 6.21. The Morgan fingerprint density at radius 3 is 2.38 bits per heavy atom. The average Bonchev–Trinajstić information content (AvgIpc) is 2.50. The van der Waals surface area contributed by atoms with Gasteiger partial charge in [-0.1, -0.05) is 29.3 Å². The van der Waals surface area contributed by atoms with Gasteiger partial charge in [-0.25, -0.2) is 0 Å². The number of hydrogen-bond donors (Lipinski definition) is 0. The molecular weight excluding hydrogens is 331 g/mol. The Hall–Kier alpha value is -0.910. The molecule has 4 nitrogen and oxygen atoms in total. The Labute approximate surface area is 138 Å². The molecule has 0 N–H and O–H groups in total. The van der Waals surface area contributed by atoms with Gasteiger partial charge in [0.05, 0.1) is 5.75 Å². The first-order chi connectivity index (χ1) is 10.1. The van der Waals surface area contributed by atoms with Crippen molar-refractivity contribution in [1.82, 2.24) is 9.80 Å². The summed E-state index contributed by atoms with van der Waals surface area (Å²) in [5.41, 5.74) is 0.865. The molecular formula is C14H16Cl2N2O2S. The largest absolute Gasteiger partial charge is 0.342 e. The number of carbonyl (C=O) groups is 2. The van der Waals surface area contributed by atoms with E-state index in [0.29, 0.717) is 47.7 Å². The van der Waals surface area contributed by atoms with Crippen LogP contribution in [0.15, 0.2) is 18.2 Å². The predicted molar refractivity (Wildman–Crippen MR) is 86.8 cm³/mol. The number of piperazine rings is 1. The number of carbonyl (C=O) groups excluding carboxylic acids is 2. The minimum absolute atomic E-state index is 0.0914. The molecule has 0 unspecified atom stereocenters. The zero-order valence-electron chi connectivity index (χ0n) is 11.4. The zero-order valence-corrected chi connectivity index (χ0v) is 13.8. The number of halogens is 2. The summed E-state index contributed by atoms with van der Waals surface area (Å²) in [4.78, 5) is 26.2. The van der Waals surface area contributed by atoms with Crippen molar-refractivity contribution in [3.8, 4) is 0 Å². The Morgan fingerprint density at radius 1 is 1.19 bits per heavy atom. The summed E-state index contributed by atoms with van der Waals surface area (Å²) in [6, 6.07) is 5.39. The molecule has 2 rings (SSSR count). The van der Waals surface area contributed by atoms with Crippen LogP contribution in [0.5, 0.6) is 0 Å². The van der Waals surface area contributed by atoms with Crippen molar-refractivity contribution in [2.24, 2.45) is 0 Å². The summed E-state index contributed by atoms with van der Waals surface area (Å²) >= 11 is 13.7. The van der Waals surface area contributed by atoms with Crippen LogP contribution in [0, 0.1) is 0 Å². The molecule has 0 aliphatic carbocycles. The third-order valence-corrected chi connectivity index (χ3v) is 5.00. The molecule has 7 heteroatoms. The Balaban J connectivity index is 1.78. The maximum atomic E-state index is 12.1. The standard InChI is InChI=1S/C14H16Cl2N2O2S/c15-12-2-1-3-13(16)11(12)8-21-9-14(20)18-6-4-17(10-19)5-7-18/h1-3,10H,4-9H2. The fourth-order valence-corrected chi connectivity index (χ4v) is 3.74. The zero-order chi connectivity index (χ0) is 15.2. The molecule has 0 atom stereocenters. The Morgan fingerprint density at radius 2 is 1.81 bits per heavy atom. The molecule has 0 aromatic heterocycles. The number of hydrogen-bond acceptors (Lipinski definition) is 3. The predicted octanol–water partition coefficient (Wildman–Crippen LogP) is 2.53. The third-order valence-electron chi connectivity index (χ3n) is 3.35. The van der Waals surface area contributed by atoms with Crippen LogP contribution in [0.25, 0.3) is 0 Å². The van der Waals surface area contributed by atoms with Gasteiger partial charge in [0.2, 0.25) is 12.3 Å². The van der Waals surface area contributed by atoms with Gasteiger partial charge in [-0.3, -0.25) is 9.59 Å². The monoisotopic (exact) mass is 346 g/mol. The first kappa shape index (κ1) is 16.5. The van der Waals surface area contributed by atoms with Crippen LogP contribution in [-0.2, 0) is 15.3 Å². The van der Waals surface area contributed by atoms with Crippen LogP contribution in [0.2, 0.25) is 10.0 Å². The van der Waals surface area contributed by atoms with Gasteiger partial charge in [0, 0.05) is 42.0 Å². The highest BCUT2D eigenvalue weighted by molar-refractivity contribution is 7.99. The van der Waals surface area contributed by atoms with E-state index in [1.165, 1.54) is 11.8 Å². The van der Waals surface area contributed by atoms with Crippen LogP contribution in [0.3, 0.4) is 0 Å². The van der Waals surface area contributed by atoms with Gasteiger partial charge in [0.15, 0.2) is 0 Å². The van der Waals surface area contributed by atoms with Crippen molar-refractivity contribution in [2.45, 2.75) is 5.75 Å². The van der Waals surface area contributed by atoms with Gasteiger partial charge in [0.1, 0.15) is 0 Å². The quantitative estimate of drug-likeness (QED) is 0.769. The second kappa shape index (κ2) is 7.92. The van der Waals surface area contributed by atoms with Crippen molar-refractivity contribution >= 4 is 47.3 Å². The van der Waals surface area contributed by atoms with E-state index in [1.54, 1.807) is 28.0 Å². The lowest BCUT2D eigenvalue weighted by atomic mass is 10.2. The number of rotatable bonds is 5. The van der Waals surface area contributed by atoms with E-state index < -0.39 is 0 Å². The Bertz CT molecular complexity index is 499. The second-order valence-electron chi connectivity index (χ2n) is 4.72. The number of benzene rings is 1. The molecule has 1 aliphatic heterocycles. The molecule has 0 spiro atoms. The van der Waals surface area contributed by atoms with Crippen LogP contribution in [0.4, 0.5) is 0 Å². The number of nitrogens with zero attached hydrogens (tertiary/aromatic N) is 2. The van der Waals surface area contributed by atoms with Crippen LogP contribution in [0.1, 0.15) is 5.56 Å². The lowest BCUT2D eigenvalue weighted by molar-refractivity contribution is -0.132. The van der Waals surface area contributed by atoms with E-state index in [9.17, 15) is 9.59 Å².